The summed E-state index contributed by atoms with van der Waals surface area (Å²) in [5.74, 6) is 0. The fourth-order valence-electron chi connectivity index (χ4n) is 3.14. The second kappa shape index (κ2) is 6.21. The molecule has 113 valence electrons. The molecule has 1 nitrogen and oxygen atoms in total. The Hall–Kier alpha value is -2.67. The van der Waals surface area contributed by atoms with Crippen LogP contribution in [0.5, 0.6) is 0 Å². The van der Waals surface area contributed by atoms with Crippen LogP contribution in [0, 0.1) is 20.8 Å². The lowest BCUT2D eigenvalue weighted by molar-refractivity contribution is 0.562. The number of benzene rings is 3. The fraction of sp³-hybridized carbons (Fsp3) is 0.136. The summed E-state index contributed by atoms with van der Waals surface area (Å²) < 4.78 is 0. The number of rotatable bonds is 3. The second-order valence-electron chi connectivity index (χ2n) is 5.83. The fourth-order valence-corrected chi connectivity index (χ4v) is 3.14. The summed E-state index contributed by atoms with van der Waals surface area (Å²) >= 11 is 0. The van der Waals surface area contributed by atoms with Crippen LogP contribution in [-0.2, 0) is 4.79 Å². The molecule has 1 heteroatoms. The van der Waals surface area contributed by atoms with Crippen molar-refractivity contribution >= 4 is 6.29 Å². The molecular formula is C22H19O. The van der Waals surface area contributed by atoms with E-state index in [0.29, 0.717) is 5.56 Å². The average molecular weight is 299 g/mol. The zero-order valence-corrected chi connectivity index (χ0v) is 13.7. The first-order valence-corrected chi connectivity index (χ1v) is 7.78. The monoisotopic (exact) mass is 299 g/mol. The van der Waals surface area contributed by atoms with Crippen molar-refractivity contribution in [3.05, 3.63) is 82.9 Å². The molecule has 0 saturated carbocycles. The molecular weight excluding hydrogens is 280 g/mol. The summed E-state index contributed by atoms with van der Waals surface area (Å²) in [6.07, 6.45) is 2.19. The lowest BCUT2D eigenvalue weighted by atomic mass is 9.83. The average Bonchev–Trinajstić information content (AvgIpc) is 2.61. The van der Waals surface area contributed by atoms with Crippen LogP contribution in [0.4, 0.5) is 0 Å². The van der Waals surface area contributed by atoms with E-state index in [1.165, 1.54) is 5.56 Å². The molecule has 0 saturated heterocycles. The Morgan fingerprint density at radius 1 is 0.609 bits per heavy atom. The van der Waals surface area contributed by atoms with E-state index in [4.69, 9.17) is 0 Å². The molecule has 0 aliphatic heterocycles. The van der Waals surface area contributed by atoms with Crippen LogP contribution in [-0.4, -0.2) is 6.29 Å². The highest BCUT2D eigenvalue weighted by molar-refractivity contribution is 5.99. The maximum atomic E-state index is 11.7. The van der Waals surface area contributed by atoms with Gasteiger partial charge in [0.1, 0.15) is 0 Å². The van der Waals surface area contributed by atoms with Gasteiger partial charge in [-0.15, -0.1) is 0 Å². The quantitative estimate of drug-likeness (QED) is 0.632. The first-order valence-electron chi connectivity index (χ1n) is 7.78. The molecule has 0 aliphatic rings. The molecule has 0 aromatic heterocycles. The summed E-state index contributed by atoms with van der Waals surface area (Å²) in [7, 11) is 0. The summed E-state index contributed by atoms with van der Waals surface area (Å²) in [6.45, 7) is 6.21. The van der Waals surface area contributed by atoms with Gasteiger partial charge in [0, 0.05) is 11.1 Å². The van der Waals surface area contributed by atoms with Gasteiger partial charge in [-0.25, -0.2) is 0 Å². The predicted molar refractivity (Wildman–Crippen MR) is 96.3 cm³/mol. The van der Waals surface area contributed by atoms with Gasteiger partial charge >= 0.3 is 0 Å². The molecule has 0 unspecified atom stereocenters. The third-order valence-electron chi connectivity index (χ3n) is 4.60. The van der Waals surface area contributed by atoms with E-state index in [0.717, 1.165) is 33.4 Å². The molecule has 0 fully saturated rings. The second-order valence-corrected chi connectivity index (χ2v) is 5.83. The van der Waals surface area contributed by atoms with E-state index in [1.807, 2.05) is 43.3 Å². The van der Waals surface area contributed by atoms with Crippen LogP contribution in [0.15, 0.2) is 60.7 Å². The largest absolute Gasteiger partial charge is 0.285 e. The molecule has 23 heavy (non-hydrogen) atoms. The highest BCUT2D eigenvalue weighted by Gasteiger charge is 2.20. The van der Waals surface area contributed by atoms with Crippen LogP contribution in [0.2, 0.25) is 0 Å². The van der Waals surface area contributed by atoms with Crippen molar-refractivity contribution in [3.8, 4) is 22.3 Å². The summed E-state index contributed by atoms with van der Waals surface area (Å²) in [5, 5.41) is 0. The lowest BCUT2D eigenvalue weighted by Gasteiger charge is -2.20. The van der Waals surface area contributed by atoms with Gasteiger partial charge in [-0.05, 0) is 54.2 Å². The van der Waals surface area contributed by atoms with Gasteiger partial charge in [-0.3, -0.25) is 4.79 Å². The summed E-state index contributed by atoms with van der Waals surface area (Å²) in [5.41, 5.74) is 8.33. The third kappa shape index (κ3) is 2.59. The SMILES string of the molecule is Cc1c(C)c([C]=O)c(-c2ccccc2)c(-c2ccccc2)c1C. The van der Waals surface area contributed by atoms with Gasteiger partial charge < -0.3 is 0 Å². The minimum absolute atomic E-state index is 0.665. The summed E-state index contributed by atoms with van der Waals surface area (Å²) in [6, 6.07) is 20.4. The van der Waals surface area contributed by atoms with Gasteiger partial charge in [-0.1, -0.05) is 60.7 Å². The highest BCUT2D eigenvalue weighted by Crippen LogP contribution is 2.40. The van der Waals surface area contributed by atoms with Crippen molar-refractivity contribution in [1.29, 1.82) is 0 Å². The number of hydrogen-bond donors (Lipinski definition) is 0. The highest BCUT2D eigenvalue weighted by atomic mass is 16.1. The van der Waals surface area contributed by atoms with Crippen molar-refractivity contribution in [3.63, 3.8) is 0 Å². The van der Waals surface area contributed by atoms with Crippen LogP contribution in [0.3, 0.4) is 0 Å². The molecule has 3 aromatic carbocycles. The Kier molecular flexibility index (Phi) is 4.12. The molecule has 3 rings (SSSR count). The summed E-state index contributed by atoms with van der Waals surface area (Å²) in [4.78, 5) is 11.7. The first kappa shape index (κ1) is 15.2. The maximum absolute atomic E-state index is 11.7. The minimum Gasteiger partial charge on any atom is -0.285 e. The van der Waals surface area contributed by atoms with Crippen molar-refractivity contribution in [1.82, 2.24) is 0 Å². The van der Waals surface area contributed by atoms with E-state index in [-0.39, 0.29) is 0 Å². The van der Waals surface area contributed by atoms with E-state index in [2.05, 4.69) is 44.4 Å². The maximum Gasteiger partial charge on any atom is 0.234 e. The van der Waals surface area contributed by atoms with Crippen LogP contribution >= 0.6 is 0 Å². The normalized spacial score (nSPS) is 10.6. The Labute approximate surface area is 137 Å². The topological polar surface area (TPSA) is 17.1 Å². The van der Waals surface area contributed by atoms with Gasteiger partial charge in [-0.2, -0.15) is 0 Å². The molecule has 0 atom stereocenters. The zero-order chi connectivity index (χ0) is 16.4. The predicted octanol–water partition coefficient (Wildman–Crippen LogP) is 5.40. The van der Waals surface area contributed by atoms with Crippen molar-refractivity contribution in [2.75, 3.05) is 0 Å². The Balaban J connectivity index is 2.47. The molecule has 0 bridgehead atoms. The molecule has 3 aromatic rings. The van der Waals surface area contributed by atoms with Gasteiger partial charge in [0.05, 0.1) is 0 Å². The lowest BCUT2D eigenvalue weighted by Crippen LogP contribution is -2.02. The van der Waals surface area contributed by atoms with Crippen LogP contribution < -0.4 is 0 Å². The minimum atomic E-state index is 0.665. The molecule has 0 heterocycles. The van der Waals surface area contributed by atoms with Gasteiger partial charge in [0.25, 0.3) is 0 Å². The van der Waals surface area contributed by atoms with Crippen molar-refractivity contribution in [2.45, 2.75) is 20.8 Å². The standard InChI is InChI=1S/C22H19O/c1-15-16(2)20(14-23)22(19-12-8-5-9-13-19)21(17(15)3)18-10-6-4-7-11-18/h4-13H,1-3H3. The molecule has 0 spiro atoms. The third-order valence-corrected chi connectivity index (χ3v) is 4.60. The van der Waals surface area contributed by atoms with Crippen molar-refractivity contribution < 1.29 is 4.79 Å². The molecule has 1 radical (unpaired) electrons. The Morgan fingerprint density at radius 2 is 1.09 bits per heavy atom. The number of hydrogen-bond acceptors (Lipinski definition) is 1. The first-order chi connectivity index (χ1) is 11.1. The molecule has 0 aliphatic carbocycles. The molecule has 0 amide bonds. The van der Waals surface area contributed by atoms with E-state index in [9.17, 15) is 4.79 Å². The number of carbonyl (C=O) groups excluding carboxylic acids is 1. The van der Waals surface area contributed by atoms with Crippen LogP contribution in [0.1, 0.15) is 22.3 Å². The molecule has 0 N–H and O–H groups in total. The van der Waals surface area contributed by atoms with Crippen LogP contribution in [0.25, 0.3) is 22.3 Å². The Bertz CT molecular complexity index is 846. The van der Waals surface area contributed by atoms with E-state index < -0.39 is 0 Å². The Morgan fingerprint density at radius 3 is 1.57 bits per heavy atom. The zero-order valence-electron chi connectivity index (χ0n) is 13.7. The van der Waals surface area contributed by atoms with Crippen molar-refractivity contribution in [2.24, 2.45) is 0 Å². The van der Waals surface area contributed by atoms with E-state index >= 15 is 0 Å². The smallest absolute Gasteiger partial charge is 0.234 e. The van der Waals surface area contributed by atoms with Gasteiger partial charge in [0.15, 0.2) is 0 Å². The van der Waals surface area contributed by atoms with Gasteiger partial charge in [0.2, 0.25) is 6.29 Å². The van der Waals surface area contributed by atoms with E-state index in [1.54, 1.807) is 0 Å².